The molecule has 8 nitrogen and oxygen atoms in total. The van der Waals surface area contributed by atoms with E-state index in [4.69, 9.17) is 4.74 Å². The molecule has 0 aromatic heterocycles. The van der Waals surface area contributed by atoms with Crippen molar-refractivity contribution < 1.29 is 23.9 Å². The zero-order valence-corrected chi connectivity index (χ0v) is 23.5. The van der Waals surface area contributed by atoms with Gasteiger partial charge in [-0.1, -0.05) is 79.9 Å². The van der Waals surface area contributed by atoms with Gasteiger partial charge in [-0.25, -0.2) is 4.79 Å². The van der Waals surface area contributed by atoms with E-state index in [9.17, 15) is 19.2 Å². The fraction of sp³-hybridized carbons (Fsp3) is 0.438. The van der Waals surface area contributed by atoms with Crippen LogP contribution in [0.15, 0.2) is 60.7 Å². The third-order valence-corrected chi connectivity index (χ3v) is 6.93. The van der Waals surface area contributed by atoms with Gasteiger partial charge in [-0.3, -0.25) is 14.4 Å². The SMILES string of the molecule is CCCCCOC(=O)[C@H](C[C@@H]1CCCNC1=O)NC(=O)[C@H](Cc1ccccc1)NC(=O)/C=C/c1ccc(C)cc1. The summed E-state index contributed by atoms with van der Waals surface area (Å²) < 4.78 is 5.48. The molecule has 3 N–H and O–H groups in total. The number of amides is 3. The molecule has 0 spiro atoms. The highest BCUT2D eigenvalue weighted by Gasteiger charge is 2.33. The maximum Gasteiger partial charge on any atom is 0.328 e. The first-order valence-electron chi connectivity index (χ1n) is 14.2. The van der Waals surface area contributed by atoms with Gasteiger partial charge in [0.25, 0.3) is 0 Å². The number of unbranched alkanes of at least 4 members (excludes halogenated alkanes) is 2. The normalized spacial score (nSPS) is 16.6. The van der Waals surface area contributed by atoms with Crippen molar-refractivity contribution in [1.29, 1.82) is 0 Å². The quantitative estimate of drug-likeness (QED) is 0.189. The molecule has 8 heteroatoms. The number of rotatable bonds is 14. The Balaban J connectivity index is 1.74. The van der Waals surface area contributed by atoms with Crippen LogP contribution in [0.2, 0.25) is 0 Å². The topological polar surface area (TPSA) is 114 Å². The Morgan fingerprint density at radius 2 is 1.77 bits per heavy atom. The fourth-order valence-electron chi connectivity index (χ4n) is 4.59. The smallest absolute Gasteiger partial charge is 0.328 e. The lowest BCUT2D eigenvalue weighted by Crippen LogP contribution is -2.53. The minimum atomic E-state index is -0.999. The third-order valence-electron chi connectivity index (χ3n) is 6.93. The van der Waals surface area contributed by atoms with Crippen LogP contribution in [0.3, 0.4) is 0 Å². The van der Waals surface area contributed by atoms with Gasteiger partial charge in [0.15, 0.2) is 0 Å². The predicted molar refractivity (Wildman–Crippen MR) is 155 cm³/mol. The molecule has 1 fully saturated rings. The van der Waals surface area contributed by atoms with Crippen molar-refractivity contribution in [3.63, 3.8) is 0 Å². The first-order valence-corrected chi connectivity index (χ1v) is 14.2. The molecule has 3 rings (SSSR count). The molecule has 3 amide bonds. The van der Waals surface area contributed by atoms with Gasteiger partial charge < -0.3 is 20.7 Å². The van der Waals surface area contributed by atoms with Crippen molar-refractivity contribution in [3.8, 4) is 0 Å². The Hall–Kier alpha value is -3.94. The number of nitrogens with one attached hydrogen (secondary N) is 3. The van der Waals surface area contributed by atoms with Crippen LogP contribution in [0.5, 0.6) is 0 Å². The van der Waals surface area contributed by atoms with Gasteiger partial charge in [0.05, 0.1) is 6.61 Å². The molecule has 2 aromatic carbocycles. The molecule has 0 saturated carbocycles. The number of hydrogen-bond acceptors (Lipinski definition) is 5. The first kappa shape index (κ1) is 30.6. The first-order chi connectivity index (χ1) is 19.4. The summed E-state index contributed by atoms with van der Waals surface area (Å²) in [5.74, 6) is -2.02. The van der Waals surface area contributed by atoms with Gasteiger partial charge in [-0.15, -0.1) is 0 Å². The molecule has 40 heavy (non-hydrogen) atoms. The van der Waals surface area contributed by atoms with Crippen molar-refractivity contribution >= 4 is 29.8 Å². The van der Waals surface area contributed by atoms with Crippen LogP contribution >= 0.6 is 0 Å². The molecule has 1 saturated heterocycles. The Kier molecular flexibility index (Phi) is 12.4. The lowest BCUT2D eigenvalue weighted by atomic mass is 9.91. The van der Waals surface area contributed by atoms with E-state index in [1.807, 2.05) is 61.5 Å². The van der Waals surface area contributed by atoms with Crippen LogP contribution in [0.4, 0.5) is 0 Å². The average molecular weight is 548 g/mol. The van der Waals surface area contributed by atoms with Gasteiger partial charge in [0.1, 0.15) is 12.1 Å². The van der Waals surface area contributed by atoms with Gasteiger partial charge >= 0.3 is 5.97 Å². The zero-order valence-electron chi connectivity index (χ0n) is 23.5. The number of benzene rings is 2. The van der Waals surface area contributed by atoms with Crippen LogP contribution in [0.25, 0.3) is 6.08 Å². The standard InChI is InChI=1S/C32H41N3O5/c1-3-4-8-20-40-32(39)28(22-26-12-9-19-33-30(26)37)35-31(38)27(21-25-10-6-5-7-11-25)34-29(36)18-17-24-15-13-23(2)14-16-24/h5-7,10-11,13-18,26-28H,3-4,8-9,12,19-22H2,1-2H3,(H,33,37)(H,34,36)(H,35,38)/b18-17+/t26-,27-,28-/m0/s1. The largest absolute Gasteiger partial charge is 0.464 e. The average Bonchev–Trinajstić information content (AvgIpc) is 2.96. The number of esters is 1. The van der Waals surface area contributed by atoms with Gasteiger partial charge in [0.2, 0.25) is 17.7 Å². The molecule has 1 aliphatic rings. The van der Waals surface area contributed by atoms with Crippen LogP contribution in [-0.4, -0.2) is 48.9 Å². The number of carbonyl (C=O) groups excluding carboxylic acids is 4. The van der Waals surface area contributed by atoms with Crippen LogP contribution < -0.4 is 16.0 Å². The van der Waals surface area contributed by atoms with Crippen molar-refractivity contribution in [3.05, 3.63) is 77.4 Å². The molecule has 0 bridgehead atoms. The Morgan fingerprint density at radius 1 is 1.02 bits per heavy atom. The zero-order chi connectivity index (χ0) is 28.7. The van der Waals surface area contributed by atoms with Crippen molar-refractivity contribution in [2.75, 3.05) is 13.2 Å². The Morgan fingerprint density at radius 3 is 2.48 bits per heavy atom. The summed E-state index contributed by atoms with van der Waals surface area (Å²) in [6, 6.07) is 15.1. The van der Waals surface area contributed by atoms with Crippen LogP contribution in [-0.2, 0) is 30.3 Å². The van der Waals surface area contributed by atoms with Gasteiger partial charge in [0, 0.05) is 25.0 Å². The Bertz CT molecular complexity index is 1150. The van der Waals surface area contributed by atoms with E-state index in [0.717, 1.165) is 42.4 Å². The van der Waals surface area contributed by atoms with E-state index in [-0.39, 0.29) is 25.4 Å². The van der Waals surface area contributed by atoms with E-state index < -0.39 is 35.8 Å². The molecule has 2 aromatic rings. The highest BCUT2D eigenvalue weighted by Crippen LogP contribution is 2.19. The third kappa shape index (κ3) is 10.3. The molecule has 0 aliphatic carbocycles. The second-order valence-corrected chi connectivity index (χ2v) is 10.3. The molecule has 0 radical (unpaired) electrons. The molecule has 214 valence electrons. The summed E-state index contributed by atoms with van der Waals surface area (Å²) in [5.41, 5.74) is 2.84. The predicted octanol–water partition coefficient (Wildman–Crippen LogP) is 3.87. The number of aryl methyl sites for hydroxylation is 1. The maximum atomic E-state index is 13.6. The maximum absolute atomic E-state index is 13.6. The molecular formula is C32H41N3O5. The highest BCUT2D eigenvalue weighted by molar-refractivity contribution is 5.96. The number of hydrogen-bond donors (Lipinski definition) is 3. The summed E-state index contributed by atoms with van der Waals surface area (Å²) >= 11 is 0. The fourth-order valence-corrected chi connectivity index (χ4v) is 4.59. The van der Waals surface area contributed by atoms with E-state index in [1.54, 1.807) is 6.08 Å². The number of piperidine rings is 1. The highest BCUT2D eigenvalue weighted by atomic mass is 16.5. The van der Waals surface area contributed by atoms with E-state index >= 15 is 0 Å². The molecule has 1 aliphatic heterocycles. The second kappa shape index (κ2) is 16.2. The van der Waals surface area contributed by atoms with E-state index in [2.05, 4.69) is 22.9 Å². The lowest BCUT2D eigenvalue weighted by molar-refractivity contribution is -0.149. The number of carbonyl (C=O) groups is 4. The van der Waals surface area contributed by atoms with Crippen molar-refractivity contribution in [2.45, 2.75) is 70.9 Å². The van der Waals surface area contributed by atoms with Crippen molar-refractivity contribution in [2.24, 2.45) is 5.92 Å². The lowest BCUT2D eigenvalue weighted by Gasteiger charge is -2.27. The summed E-state index contributed by atoms with van der Waals surface area (Å²) in [6.07, 6.45) is 7.54. The minimum absolute atomic E-state index is 0.125. The molecule has 1 heterocycles. The van der Waals surface area contributed by atoms with E-state index in [0.29, 0.717) is 13.0 Å². The molecular weight excluding hydrogens is 506 g/mol. The van der Waals surface area contributed by atoms with E-state index in [1.165, 1.54) is 6.08 Å². The second-order valence-electron chi connectivity index (χ2n) is 10.3. The molecule has 0 unspecified atom stereocenters. The minimum Gasteiger partial charge on any atom is -0.464 e. The summed E-state index contributed by atoms with van der Waals surface area (Å²) in [7, 11) is 0. The van der Waals surface area contributed by atoms with Crippen LogP contribution in [0.1, 0.15) is 62.1 Å². The summed E-state index contributed by atoms with van der Waals surface area (Å²) in [5, 5.41) is 8.43. The Labute approximate surface area is 237 Å². The van der Waals surface area contributed by atoms with Crippen molar-refractivity contribution in [1.82, 2.24) is 16.0 Å². The summed E-state index contributed by atoms with van der Waals surface area (Å²) in [6.45, 7) is 4.91. The number of ether oxygens (including phenoxy) is 1. The monoisotopic (exact) mass is 547 g/mol. The molecule has 3 atom stereocenters. The van der Waals surface area contributed by atoms with Gasteiger partial charge in [-0.2, -0.15) is 0 Å². The summed E-state index contributed by atoms with van der Waals surface area (Å²) in [4.78, 5) is 51.9. The van der Waals surface area contributed by atoms with Crippen LogP contribution in [0, 0.1) is 12.8 Å². The van der Waals surface area contributed by atoms with Gasteiger partial charge in [-0.05, 0) is 49.8 Å².